The lowest BCUT2D eigenvalue weighted by molar-refractivity contribution is 0.0750. The Morgan fingerprint density at radius 1 is 1.03 bits per heavy atom. The number of carbonyl (C=O) groups is 1. The number of furan rings is 1. The van der Waals surface area contributed by atoms with Gasteiger partial charge in [0.2, 0.25) is 5.95 Å². The summed E-state index contributed by atoms with van der Waals surface area (Å²) in [6.45, 7) is 6.25. The van der Waals surface area contributed by atoms with E-state index in [1.807, 2.05) is 61.2 Å². The molecule has 3 aromatic heterocycles. The summed E-state index contributed by atoms with van der Waals surface area (Å²) in [5, 5.41) is 12.9. The van der Waals surface area contributed by atoms with Crippen LogP contribution in [0.2, 0.25) is 0 Å². The topological polar surface area (TPSA) is 93.2 Å². The van der Waals surface area contributed by atoms with Gasteiger partial charge in [-0.2, -0.15) is 4.68 Å². The predicted molar refractivity (Wildman–Crippen MR) is 117 cm³/mol. The number of nitrogens with zero attached hydrogens (tertiary/aromatic N) is 7. The van der Waals surface area contributed by atoms with Crippen molar-refractivity contribution in [1.29, 1.82) is 0 Å². The van der Waals surface area contributed by atoms with Crippen molar-refractivity contribution < 1.29 is 9.21 Å². The van der Waals surface area contributed by atoms with E-state index in [1.165, 1.54) is 11.3 Å². The third kappa shape index (κ3) is 3.70. The van der Waals surface area contributed by atoms with Crippen LogP contribution in [0.3, 0.4) is 0 Å². The van der Waals surface area contributed by atoms with Gasteiger partial charge in [-0.15, -0.1) is 11.3 Å². The third-order valence-corrected chi connectivity index (χ3v) is 6.41. The highest BCUT2D eigenvalue weighted by atomic mass is 32.1. The largest absolute Gasteiger partial charge is 0.459 e. The van der Waals surface area contributed by atoms with E-state index in [-0.39, 0.29) is 5.91 Å². The van der Waals surface area contributed by atoms with Crippen molar-refractivity contribution in [3.05, 3.63) is 58.8 Å². The molecule has 158 valence electrons. The van der Waals surface area contributed by atoms with Crippen LogP contribution in [0, 0.1) is 13.8 Å². The molecular formula is C21H21N7O2S. The molecule has 10 heteroatoms. The highest BCUT2D eigenvalue weighted by Crippen LogP contribution is 2.30. The second kappa shape index (κ2) is 7.95. The number of aryl methyl sites for hydroxylation is 2. The van der Waals surface area contributed by atoms with E-state index in [9.17, 15) is 4.79 Å². The molecule has 1 aliphatic rings. The number of benzene rings is 1. The van der Waals surface area contributed by atoms with E-state index in [4.69, 9.17) is 4.42 Å². The zero-order chi connectivity index (χ0) is 21.4. The van der Waals surface area contributed by atoms with E-state index >= 15 is 0 Å². The molecule has 31 heavy (non-hydrogen) atoms. The summed E-state index contributed by atoms with van der Waals surface area (Å²) in [7, 11) is 0. The Kier molecular flexibility index (Phi) is 4.99. The van der Waals surface area contributed by atoms with Crippen LogP contribution < -0.4 is 4.90 Å². The van der Waals surface area contributed by atoms with Gasteiger partial charge in [0.15, 0.2) is 10.8 Å². The zero-order valence-corrected chi connectivity index (χ0v) is 18.0. The lowest BCUT2D eigenvalue weighted by Gasteiger charge is -2.34. The van der Waals surface area contributed by atoms with Gasteiger partial charge in [0, 0.05) is 26.2 Å². The van der Waals surface area contributed by atoms with Gasteiger partial charge >= 0.3 is 0 Å². The summed E-state index contributed by atoms with van der Waals surface area (Å²) in [4.78, 5) is 22.3. The second-order valence-corrected chi connectivity index (χ2v) is 8.35. The number of hydrogen-bond acceptors (Lipinski definition) is 8. The van der Waals surface area contributed by atoms with Crippen molar-refractivity contribution in [3.8, 4) is 16.5 Å². The summed E-state index contributed by atoms with van der Waals surface area (Å²) >= 11 is 1.38. The summed E-state index contributed by atoms with van der Waals surface area (Å²) in [6, 6.07) is 13.6. The number of carbonyl (C=O) groups excluding carboxylic acids is 1. The van der Waals surface area contributed by atoms with Crippen molar-refractivity contribution in [1.82, 2.24) is 30.1 Å². The minimum Gasteiger partial charge on any atom is -0.459 e. The average Bonchev–Trinajstić information content (AvgIpc) is 3.54. The lowest BCUT2D eigenvalue weighted by Crippen LogP contribution is -2.49. The molecular weight excluding hydrogens is 414 g/mol. The van der Waals surface area contributed by atoms with E-state index < -0.39 is 0 Å². The van der Waals surface area contributed by atoms with Gasteiger partial charge in [-0.1, -0.05) is 23.3 Å². The third-order valence-electron chi connectivity index (χ3n) is 5.25. The maximum Gasteiger partial charge on any atom is 0.265 e. The van der Waals surface area contributed by atoms with Gasteiger partial charge in [0.05, 0.1) is 11.4 Å². The Bertz CT molecular complexity index is 1210. The molecule has 9 nitrogen and oxygen atoms in total. The number of para-hydroxylation sites is 1. The standard InChI is InChI=1S/C21H21N7O2S/c1-14-8-9-17(30-14)19-22-15(2)18(31-19)20(29)26-10-12-27(13-11-26)21-23-24-25-28(21)16-6-4-3-5-7-16/h3-9H,10-13H2,1-2H3. The fraction of sp³-hybridized carbons (Fsp3) is 0.286. The summed E-state index contributed by atoms with van der Waals surface area (Å²) in [5.74, 6) is 2.21. The highest BCUT2D eigenvalue weighted by Gasteiger charge is 2.28. The first-order chi connectivity index (χ1) is 15.1. The molecule has 0 spiro atoms. The molecule has 0 aliphatic carbocycles. The van der Waals surface area contributed by atoms with Crippen molar-refractivity contribution in [2.45, 2.75) is 13.8 Å². The smallest absolute Gasteiger partial charge is 0.265 e. The SMILES string of the molecule is Cc1ccc(-c2nc(C)c(C(=O)N3CCN(c4nnnn4-c4ccccc4)CC3)s2)o1. The first kappa shape index (κ1) is 19.4. The number of amides is 1. The minimum atomic E-state index is 0.00632. The number of rotatable bonds is 4. The molecule has 5 rings (SSSR count). The molecule has 0 bridgehead atoms. The number of hydrogen-bond donors (Lipinski definition) is 0. The molecule has 1 aromatic carbocycles. The number of thiazole rings is 1. The lowest BCUT2D eigenvalue weighted by atomic mass is 10.2. The van der Waals surface area contributed by atoms with Crippen molar-refractivity contribution in [2.24, 2.45) is 0 Å². The molecule has 1 saturated heterocycles. The second-order valence-electron chi connectivity index (χ2n) is 7.35. The molecule has 0 atom stereocenters. The van der Waals surface area contributed by atoms with Crippen LogP contribution in [0.5, 0.6) is 0 Å². The molecule has 0 radical (unpaired) electrons. The van der Waals surface area contributed by atoms with Crippen LogP contribution >= 0.6 is 11.3 Å². The Morgan fingerprint density at radius 3 is 2.52 bits per heavy atom. The Morgan fingerprint density at radius 2 is 1.81 bits per heavy atom. The summed E-state index contributed by atoms with van der Waals surface area (Å²) in [5.41, 5.74) is 1.64. The normalized spacial score (nSPS) is 14.3. The molecule has 0 unspecified atom stereocenters. The van der Waals surface area contributed by atoms with E-state index in [0.717, 1.165) is 22.1 Å². The minimum absolute atomic E-state index is 0.00632. The molecule has 0 saturated carbocycles. The number of tetrazole rings is 1. The Balaban J connectivity index is 1.29. The summed E-state index contributed by atoms with van der Waals surface area (Å²) < 4.78 is 7.39. The van der Waals surface area contributed by atoms with Crippen molar-refractivity contribution in [2.75, 3.05) is 31.1 Å². The molecule has 0 N–H and O–H groups in total. The van der Waals surface area contributed by atoms with Gasteiger partial charge in [-0.25, -0.2) is 4.98 Å². The predicted octanol–water partition coefficient (Wildman–Crippen LogP) is 2.96. The molecule has 4 aromatic rings. The van der Waals surface area contributed by atoms with Gasteiger partial charge in [0.1, 0.15) is 10.6 Å². The maximum absolute atomic E-state index is 13.2. The van der Waals surface area contributed by atoms with Crippen molar-refractivity contribution in [3.63, 3.8) is 0 Å². The number of anilines is 1. The van der Waals surface area contributed by atoms with Crippen molar-refractivity contribution >= 4 is 23.2 Å². The van der Waals surface area contributed by atoms with E-state index in [0.29, 0.717) is 42.8 Å². The Labute approximate surface area is 182 Å². The number of aromatic nitrogens is 5. The van der Waals surface area contributed by atoms with Gasteiger partial charge in [0.25, 0.3) is 5.91 Å². The monoisotopic (exact) mass is 435 g/mol. The molecule has 1 amide bonds. The first-order valence-electron chi connectivity index (χ1n) is 10.0. The van der Waals surface area contributed by atoms with Gasteiger partial charge in [-0.3, -0.25) is 4.79 Å². The van der Waals surface area contributed by atoms with Crippen LogP contribution in [-0.2, 0) is 0 Å². The first-order valence-corrected chi connectivity index (χ1v) is 10.8. The fourth-order valence-corrected chi connectivity index (χ4v) is 4.61. The van der Waals surface area contributed by atoms with Crippen LogP contribution in [0.15, 0.2) is 46.9 Å². The fourth-order valence-electron chi connectivity index (χ4n) is 3.62. The van der Waals surface area contributed by atoms with Crippen LogP contribution in [0.4, 0.5) is 5.95 Å². The van der Waals surface area contributed by atoms with Gasteiger partial charge < -0.3 is 14.2 Å². The van der Waals surface area contributed by atoms with E-state index in [1.54, 1.807) is 4.68 Å². The molecule has 1 aliphatic heterocycles. The zero-order valence-electron chi connectivity index (χ0n) is 17.2. The highest BCUT2D eigenvalue weighted by molar-refractivity contribution is 7.17. The molecule has 4 heterocycles. The van der Waals surface area contributed by atoms with E-state index in [2.05, 4.69) is 25.4 Å². The Hall–Kier alpha value is -3.53. The van der Waals surface area contributed by atoms with Crippen LogP contribution in [0.1, 0.15) is 21.1 Å². The average molecular weight is 436 g/mol. The van der Waals surface area contributed by atoms with Gasteiger partial charge in [-0.05, 0) is 48.5 Å². The number of piperazine rings is 1. The quantitative estimate of drug-likeness (QED) is 0.486. The summed E-state index contributed by atoms with van der Waals surface area (Å²) in [6.07, 6.45) is 0. The van der Waals surface area contributed by atoms with Crippen LogP contribution in [-0.4, -0.2) is 62.2 Å². The molecule has 1 fully saturated rings. The van der Waals surface area contributed by atoms with Crippen LogP contribution in [0.25, 0.3) is 16.5 Å². The maximum atomic E-state index is 13.2.